The van der Waals surface area contributed by atoms with Crippen molar-refractivity contribution in [3.05, 3.63) is 62.3 Å². The second kappa shape index (κ2) is 6.68. The first-order chi connectivity index (χ1) is 9.08. The van der Waals surface area contributed by atoms with Gasteiger partial charge in [0.25, 0.3) is 0 Å². The second-order valence-electron chi connectivity index (χ2n) is 4.14. The molecule has 0 aliphatic rings. The largest absolute Gasteiger partial charge is 0.271 e. The summed E-state index contributed by atoms with van der Waals surface area (Å²) >= 11 is 15.4. The zero-order chi connectivity index (χ0) is 13.8. The van der Waals surface area contributed by atoms with Gasteiger partial charge in [-0.15, -0.1) is 0 Å². The first kappa shape index (κ1) is 14.8. The van der Waals surface area contributed by atoms with Gasteiger partial charge in [0, 0.05) is 26.9 Å². The van der Waals surface area contributed by atoms with Crippen LogP contribution in [0.5, 0.6) is 0 Å². The summed E-state index contributed by atoms with van der Waals surface area (Å²) in [5, 5.41) is 1.19. The number of rotatable bonds is 4. The number of hydrogen-bond donors (Lipinski definition) is 2. The van der Waals surface area contributed by atoms with Crippen LogP contribution in [0.1, 0.15) is 17.2 Å². The van der Waals surface area contributed by atoms with Gasteiger partial charge in [0.1, 0.15) is 0 Å². The van der Waals surface area contributed by atoms with Gasteiger partial charge in [-0.25, -0.2) is 0 Å². The van der Waals surface area contributed by atoms with Gasteiger partial charge in [-0.1, -0.05) is 23.2 Å². The Hall–Kier alpha value is -0.650. The number of nitrogens with two attached hydrogens (primary N) is 1. The Bertz CT molecular complexity index is 557. The minimum absolute atomic E-state index is 0.0766. The minimum atomic E-state index is -0.0766. The summed E-state index contributed by atoms with van der Waals surface area (Å²) in [5.41, 5.74) is 4.79. The summed E-state index contributed by atoms with van der Waals surface area (Å²) in [5.74, 6) is 5.62. The molecule has 6 heteroatoms. The summed E-state index contributed by atoms with van der Waals surface area (Å²) in [6, 6.07) is 7.32. The Kier molecular flexibility index (Phi) is 5.19. The molecular weight excluding hydrogens is 349 g/mol. The van der Waals surface area contributed by atoms with Gasteiger partial charge < -0.3 is 0 Å². The fourth-order valence-electron chi connectivity index (χ4n) is 1.85. The average molecular weight is 361 g/mol. The zero-order valence-corrected chi connectivity index (χ0v) is 13.0. The number of aromatic nitrogens is 1. The molecule has 0 aliphatic carbocycles. The smallest absolute Gasteiger partial charge is 0.0501 e. The molecule has 0 bridgehead atoms. The maximum Gasteiger partial charge on any atom is 0.0501 e. The van der Waals surface area contributed by atoms with E-state index in [-0.39, 0.29) is 6.04 Å². The van der Waals surface area contributed by atoms with E-state index in [4.69, 9.17) is 29.0 Å². The third-order valence-corrected chi connectivity index (χ3v) is 3.56. The van der Waals surface area contributed by atoms with E-state index in [1.807, 2.05) is 18.2 Å². The van der Waals surface area contributed by atoms with Gasteiger partial charge in [-0.3, -0.25) is 16.3 Å². The van der Waals surface area contributed by atoms with Crippen LogP contribution in [-0.2, 0) is 6.42 Å². The summed E-state index contributed by atoms with van der Waals surface area (Å²) in [7, 11) is 0. The van der Waals surface area contributed by atoms with Crippen molar-refractivity contribution in [1.82, 2.24) is 10.4 Å². The molecule has 0 fully saturated rings. The van der Waals surface area contributed by atoms with Crippen molar-refractivity contribution in [2.75, 3.05) is 0 Å². The quantitative estimate of drug-likeness (QED) is 0.642. The number of nitrogens with one attached hydrogen (secondary N) is 1. The first-order valence-corrected chi connectivity index (χ1v) is 7.15. The van der Waals surface area contributed by atoms with Crippen LogP contribution in [0.2, 0.25) is 10.0 Å². The van der Waals surface area contributed by atoms with Crippen LogP contribution in [0, 0.1) is 0 Å². The first-order valence-electron chi connectivity index (χ1n) is 5.60. The average Bonchev–Trinajstić information content (AvgIpc) is 2.34. The van der Waals surface area contributed by atoms with Gasteiger partial charge in [0.2, 0.25) is 0 Å². The molecule has 2 aromatic rings. The van der Waals surface area contributed by atoms with E-state index in [9.17, 15) is 0 Å². The third-order valence-electron chi connectivity index (χ3n) is 2.69. The molecule has 1 aromatic heterocycles. The predicted molar refractivity (Wildman–Crippen MR) is 82.2 cm³/mol. The monoisotopic (exact) mass is 359 g/mol. The van der Waals surface area contributed by atoms with E-state index in [1.54, 1.807) is 18.5 Å². The molecular formula is C13H12BrCl2N3. The highest BCUT2D eigenvalue weighted by atomic mass is 79.9. The number of nitrogens with zero attached hydrogens (tertiary/aromatic N) is 1. The zero-order valence-electron chi connectivity index (χ0n) is 9.91. The molecule has 0 radical (unpaired) electrons. The van der Waals surface area contributed by atoms with Crippen molar-refractivity contribution in [3.8, 4) is 0 Å². The highest BCUT2D eigenvalue weighted by Crippen LogP contribution is 2.25. The Morgan fingerprint density at radius 2 is 1.84 bits per heavy atom. The van der Waals surface area contributed by atoms with Gasteiger partial charge in [0.15, 0.2) is 0 Å². The lowest BCUT2D eigenvalue weighted by Gasteiger charge is -2.17. The van der Waals surface area contributed by atoms with Gasteiger partial charge in [0.05, 0.1) is 6.04 Å². The van der Waals surface area contributed by atoms with Crippen LogP contribution in [0.15, 0.2) is 41.1 Å². The highest BCUT2D eigenvalue weighted by Gasteiger charge is 2.12. The lowest BCUT2D eigenvalue weighted by Crippen LogP contribution is -2.29. The topological polar surface area (TPSA) is 50.9 Å². The lowest BCUT2D eigenvalue weighted by molar-refractivity contribution is 0.551. The Balaban J connectivity index is 2.24. The summed E-state index contributed by atoms with van der Waals surface area (Å²) in [4.78, 5) is 4.13. The molecule has 1 aromatic carbocycles. The maximum atomic E-state index is 6.01. The third kappa shape index (κ3) is 4.16. The number of benzene rings is 1. The van der Waals surface area contributed by atoms with E-state index in [0.29, 0.717) is 16.5 Å². The fraction of sp³-hybridized carbons (Fsp3) is 0.154. The van der Waals surface area contributed by atoms with E-state index < -0.39 is 0 Å². The summed E-state index contributed by atoms with van der Waals surface area (Å²) in [6.07, 6.45) is 4.24. The minimum Gasteiger partial charge on any atom is -0.271 e. The van der Waals surface area contributed by atoms with Crippen LogP contribution < -0.4 is 11.3 Å². The molecule has 19 heavy (non-hydrogen) atoms. The Morgan fingerprint density at radius 3 is 2.42 bits per heavy atom. The van der Waals surface area contributed by atoms with E-state index in [1.165, 1.54) is 0 Å². The van der Waals surface area contributed by atoms with Crippen LogP contribution >= 0.6 is 39.1 Å². The molecule has 0 saturated carbocycles. The van der Waals surface area contributed by atoms with Gasteiger partial charge in [-0.2, -0.15) is 0 Å². The summed E-state index contributed by atoms with van der Waals surface area (Å²) in [6.45, 7) is 0. The van der Waals surface area contributed by atoms with Crippen molar-refractivity contribution >= 4 is 39.1 Å². The number of hydrazine groups is 1. The van der Waals surface area contributed by atoms with E-state index in [0.717, 1.165) is 15.6 Å². The molecule has 1 unspecified atom stereocenters. The normalized spacial score (nSPS) is 12.4. The fourth-order valence-corrected chi connectivity index (χ4v) is 2.81. The van der Waals surface area contributed by atoms with Crippen molar-refractivity contribution < 1.29 is 0 Å². The standard InChI is InChI=1S/C13H12BrCl2N3/c14-10-1-8(6-18-7-10)2-13(19-17)9-3-11(15)5-12(16)4-9/h1,3-7,13,19H,2,17H2. The second-order valence-corrected chi connectivity index (χ2v) is 5.93. The van der Waals surface area contributed by atoms with Crippen LogP contribution in [0.3, 0.4) is 0 Å². The van der Waals surface area contributed by atoms with Crippen LogP contribution in [0.4, 0.5) is 0 Å². The van der Waals surface area contributed by atoms with Gasteiger partial charge in [-0.05, 0) is 57.7 Å². The molecule has 3 nitrogen and oxygen atoms in total. The molecule has 100 valence electrons. The van der Waals surface area contributed by atoms with Crippen molar-refractivity contribution in [1.29, 1.82) is 0 Å². The maximum absolute atomic E-state index is 6.01. The number of hydrogen-bond acceptors (Lipinski definition) is 3. The summed E-state index contributed by atoms with van der Waals surface area (Å²) < 4.78 is 0.935. The van der Waals surface area contributed by atoms with Crippen molar-refractivity contribution in [2.45, 2.75) is 12.5 Å². The molecule has 0 aliphatic heterocycles. The molecule has 2 rings (SSSR count). The molecule has 1 atom stereocenters. The number of halogens is 3. The van der Waals surface area contributed by atoms with Crippen LogP contribution in [-0.4, -0.2) is 4.98 Å². The molecule has 3 N–H and O–H groups in total. The lowest BCUT2D eigenvalue weighted by atomic mass is 10.0. The molecule has 0 spiro atoms. The van der Waals surface area contributed by atoms with Crippen molar-refractivity contribution in [2.24, 2.45) is 5.84 Å². The number of pyridine rings is 1. The predicted octanol–water partition coefficient (Wildman–Crippen LogP) is 3.90. The molecule has 0 amide bonds. The van der Waals surface area contributed by atoms with Crippen LogP contribution in [0.25, 0.3) is 0 Å². The van der Waals surface area contributed by atoms with E-state index in [2.05, 4.69) is 26.3 Å². The Morgan fingerprint density at radius 1 is 1.16 bits per heavy atom. The van der Waals surface area contributed by atoms with Crippen molar-refractivity contribution in [3.63, 3.8) is 0 Å². The molecule has 0 saturated heterocycles. The van der Waals surface area contributed by atoms with E-state index >= 15 is 0 Å². The Labute approximate surface area is 130 Å². The van der Waals surface area contributed by atoms with Gasteiger partial charge >= 0.3 is 0 Å². The SMILES string of the molecule is NNC(Cc1cncc(Br)c1)c1cc(Cl)cc(Cl)c1. The molecule has 1 heterocycles. The highest BCUT2D eigenvalue weighted by molar-refractivity contribution is 9.10.